The Morgan fingerprint density at radius 1 is 0.708 bits per heavy atom. The Labute approximate surface area is 142 Å². The third-order valence-electron chi connectivity index (χ3n) is 2.24. The van der Waals surface area contributed by atoms with Crippen molar-refractivity contribution in [2.24, 2.45) is 0 Å². The van der Waals surface area contributed by atoms with E-state index in [1.54, 1.807) is 0 Å². The van der Waals surface area contributed by atoms with Crippen molar-refractivity contribution in [2.75, 3.05) is 0 Å². The molecule has 8 N–H and O–H groups in total. The summed E-state index contributed by atoms with van der Waals surface area (Å²) in [6.07, 6.45) is 0. The highest BCUT2D eigenvalue weighted by Gasteiger charge is 1.84. The first-order valence-electron chi connectivity index (χ1n) is 6.48. The molecule has 24 heavy (non-hydrogen) atoms. The van der Waals surface area contributed by atoms with Crippen molar-refractivity contribution in [3.8, 4) is 0 Å². The van der Waals surface area contributed by atoms with E-state index in [2.05, 4.69) is 49.6 Å². The van der Waals surface area contributed by atoms with E-state index in [4.69, 9.17) is 28.7 Å². The number of benzene rings is 2. The number of hydrogen-bond donors (Lipinski definition) is 4. The van der Waals surface area contributed by atoms with Crippen LogP contribution in [0.5, 0.6) is 0 Å². The number of quaternary nitrogens is 2. The minimum absolute atomic E-state index is 1.08. The maximum Gasteiger partial charge on any atom is 0.485 e. The summed E-state index contributed by atoms with van der Waals surface area (Å²) in [4.78, 5) is 31.2. The van der Waals surface area contributed by atoms with Crippen LogP contribution in [-0.4, -0.2) is 9.79 Å². The Morgan fingerprint density at radius 2 is 0.875 bits per heavy atom. The molecule has 0 aliphatic rings. The molecule has 0 aromatic heterocycles. The molecule has 0 amide bonds. The summed E-state index contributed by atoms with van der Waals surface area (Å²) >= 11 is 0. The molecule has 0 aliphatic carbocycles. The van der Waals surface area contributed by atoms with Crippen LogP contribution in [0.15, 0.2) is 48.5 Å². The molecule has 0 saturated carbocycles. The predicted octanol–water partition coefficient (Wildman–Crippen LogP) is -0.270. The highest BCUT2D eigenvalue weighted by molar-refractivity contribution is 7.29. The van der Waals surface area contributed by atoms with E-state index in [1.807, 2.05) is 24.3 Å². The Hall–Kier alpha value is -1.60. The maximum absolute atomic E-state index is 8.59. The first-order valence-corrected chi connectivity index (χ1v) is 8.74. The molecular formula is C14H22N2O6P2+2. The van der Waals surface area contributed by atoms with Crippen LogP contribution >= 0.6 is 16.5 Å². The molecule has 8 nitrogen and oxygen atoms in total. The van der Waals surface area contributed by atoms with Gasteiger partial charge in [-0.25, -0.2) is 0 Å². The summed E-state index contributed by atoms with van der Waals surface area (Å²) in [5, 5.41) is 0. The lowest BCUT2D eigenvalue weighted by Gasteiger charge is -1.87. The van der Waals surface area contributed by atoms with Crippen LogP contribution in [0.25, 0.3) is 0 Å². The molecular weight excluding hydrogens is 354 g/mol. The van der Waals surface area contributed by atoms with Gasteiger partial charge in [0.1, 0.15) is 11.4 Å². The van der Waals surface area contributed by atoms with Gasteiger partial charge in [-0.05, 0) is 47.2 Å². The summed E-state index contributed by atoms with van der Waals surface area (Å²) < 4.78 is 17.2. The SMILES string of the molecule is Cc1ccc([NH3+])cc1.Cc1ccc([NH3+])cc1.O=[P+]([O-])O.O=[P+]([O-])O. The first-order chi connectivity index (χ1) is 11.0. The molecule has 2 aromatic carbocycles. The van der Waals surface area contributed by atoms with Gasteiger partial charge in [-0.2, -0.15) is 9.79 Å². The van der Waals surface area contributed by atoms with E-state index in [9.17, 15) is 0 Å². The summed E-state index contributed by atoms with van der Waals surface area (Å²) in [6.45, 7) is 4.14. The average molecular weight is 376 g/mol. The zero-order valence-corrected chi connectivity index (χ0v) is 15.2. The molecule has 2 aromatic rings. The van der Waals surface area contributed by atoms with Gasteiger partial charge in [0.2, 0.25) is 0 Å². The van der Waals surface area contributed by atoms with Crippen molar-refractivity contribution in [3.63, 3.8) is 0 Å². The van der Waals surface area contributed by atoms with Crippen LogP contribution in [-0.2, 0) is 9.13 Å². The second-order valence-corrected chi connectivity index (χ2v) is 5.40. The Kier molecular flexibility index (Phi) is 15.4. The van der Waals surface area contributed by atoms with Gasteiger partial charge in [0.15, 0.2) is 0 Å². The van der Waals surface area contributed by atoms with Crippen molar-refractivity contribution in [1.82, 2.24) is 0 Å². The van der Waals surface area contributed by atoms with Gasteiger partial charge in [-0.3, -0.25) is 0 Å². The second kappa shape index (κ2) is 15.0. The second-order valence-electron chi connectivity index (χ2n) is 4.45. The highest BCUT2D eigenvalue weighted by Crippen LogP contribution is 2.01. The quantitative estimate of drug-likeness (QED) is 0.460. The lowest BCUT2D eigenvalue weighted by atomic mass is 10.2. The normalized spacial score (nSPS) is 9.83. The predicted molar refractivity (Wildman–Crippen MR) is 87.1 cm³/mol. The summed E-state index contributed by atoms with van der Waals surface area (Å²) in [7, 11) is -6.24. The van der Waals surface area contributed by atoms with Gasteiger partial charge in [0.25, 0.3) is 0 Å². The Morgan fingerprint density at radius 3 is 1.00 bits per heavy atom. The monoisotopic (exact) mass is 376 g/mol. The molecule has 2 unspecified atom stereocenters. The lowest BCUT2D eigenvalue weighted by Crippen LogP contribution is -2.39. The summed E-state index contributed by atoms with van der Waals surface area (Å²) in [5.41, 5.74) is 12.3. The van der Waals surface area contributed by atoms with Crippen LogP contribution in [0.1, 0.15) is 11.1 Å². The van der Waals surface area contributed by atoms with Crippen LogP contribution in [0.3, 0.4) is 0 Å². The number of rotatable bonds is 0. The van der Waals surface area contributed by atoms with Crippen LogP contribution in [0.4, 0.5) is 11.4 Å². The third-order valence-corrected chi connectivity index (χ3v) is 2.24. The molecule has 0 fully saturated rings. The van der Waals surface area contributed by atoms with Crippen molar-refractivity contribution >= 4 is 27.9 Å². The van der Waals surface area contributed by atoms with Crippen molar-refractivity contribution in [3.05, 3.63) is 59.7 Å². The van der Waals surface area contributed by atoms with Crippen LogP contribution in [0, 0.1) is 13.8 Å². The summed E-state index contributed by atoms with van der Waals surface area (Å²) in [5.74, 6) is 0. The van der Waals surface area contributed by atoms with E-state index in [1.165, 1.54) is 11.1 Å². The van der Waals surface area contributed by atoms with E-state index in [-0.39, 0.29) is 0 Å². The minimum atomic E-state index is -3.12. The standard InChI is InChI=1S/2C7H9N.2HO3P/c2*1-6-2-4-7(8)5-3-6;2*1-4(2)3/h2*2-5H,8H2,1H3;2*(H,1,2,3)/p+2. The highest BCUT2D eigenvalue weighted by atomic mass is 31.1. The molecule has 0 bridgehead atoms. The van der Waals surface area contributed by atoms with Crippen molar-refractivity contribution < 1.29 is 40.2 Å². The fraction of sp³-hybridized carbons (Fsp3) is 0.143. The zero-order chi connectivity index (χ0) is 19.1. The van der Waals surface area contributed by atoms with Gasteiger partial charge < -0.3 is 21.3 Å². The fourth-order valence-electron chi connectivity index (χ4n) is 1.18. The minimum Gasteiger partial charge on any atom is -0.567 e. The van der Waals surface area contributed by atoms with Crippen molar-refractivity contribution in [1.29, 1.82) is 0 Å². The zero-order valence-electron chi connectivity index (χ0n) is 13.5. The molecule has 0 saturated heterocycles. The average Bonchev–Trinajstić information content (AvgIpc) is 2.45. The molecule has 10 heteroatoms. The molecule has 0 aliphatic heterocycles. The Balaban J connectivity index is 0. The van der Waals surface area contributed by atoms with Crippen molar-refractivity contribution in [2.45, 2.75) is 13.8 Å². The van der Waals surface area contributed by atoms with Crippen LogP contribution < -0.4 is 21.3 Å². The molecule has 132 valence electrons. The van der Waals surface area contributed by atoms with Gasteiger partial charge in [-0.1, -0.05) is 35.4 Å². The third kappa shape index (κ3) is 22.7. The molecule has 0 spiro atoms. The van der Waals surface area contributed by atoms with E-state index in [0.717, 1.165) is 11.4 Å². The van der Waals surface area contributed by atoms with E-state index in [0.29, 0.717) is 0 Å². The molecule has 2 atom stereocenters. The fourth-order valence-corrected chi connectivity index (χ4v) is 1.18. The van der Waals surface area contributed by atoms with Gasteiger partial charge >= 0.3 is 16.5 Å². The maximum atomic E-state index is 8.59. The first kappa shape index (κ1) is 24.6. The molecule has 2 rings (SSSR count). The molecule has 0 heterocycles. The van der Waals surface area contributed by atoms with Gasteiger partial charge in [-0.15, -0.1) is 0 Å². The molecule has 0 radical (unpaired) electrons. The topological polar surface area (TPSA) is 176 Å². The van der Waals surface area contributed by atoms with Crippen LogP contribution in [0.2, 0.25) is 0 Å². The van der Waals surface area contributed by atoms with Gasteiger partial charge in [0.05, 0.1) is 0 Å². The number of hydrogen-bond acceptors (Lipinski definition) is 4. The van der Waals surface area contributed by atoms with E-state index < -0.39 is 16.5 Å². The largest absolute Gasteiger partial charge is 0.567 e. The Bertz CT molecular complexity index is 500. The number of aryl methyl sites for hydroxylation is 2. The summed E-state index contributed by atoms with van der Waals surface area (Å²) in [6, 6.07) is 16.3. The van der Waals surface area contributed by atoms with Gasteiger partial charge in [0, 0.05) is 0 Å². The smallest absolute Gasteiger partial charge is 0.485 e. The lowest BCUT2D eigenvalue weighted by molar-refractivity contribution is -0.255. The van der Waals surface area contributed by atoms with E-state index >= 15 is 0 Å².